The van der Waals surface area contributed by atoms with Crippen LogP contribution in [-0.2, 0) is 24.1 Å². The van der Waals surface area contributed by atoms with E-state index in [4.69, 9.17) is 4.74 Å². The summed E-state index contributed by atoms with van der Waals surface area (Å²) in [6.07, 6.45) is -2.26. The zero-order valence-electron chi connectivity index (χ0n) is 17.6. The zero-order chi connectivity index (χ0) is 22.0. The number of hydrogen-bond donors (Lipinski definition) is 1. The highest BCUT2D eigenvalue weighted by Crippen LogP contribution is 2.37. The van der Waals surface area contributed by atoms with E-state index in [1.54, 1.807) is 0 Å². The van der Waals surface area contributed by atoms with Crippen LogP contribution in [0.25, 0.3) is 0 Å². The first-order valence-electron chi connectivity index (χ1n) is 10.3. The van der Waals surface area contributed by atoms with Crippen molar-refractivity contribution in [2.24, 2.45) is 5.92 Å². The number of benzene rings is 2. The molecule has 4 nitrogen and oxygen atoms in total. The lowest BCUT2D eigenvalue weighted by atomic mass is 10.1. The molecule has 31 heavy (non-hydrogen) atoms. The van der Waals surface area contributed by atoms with E-state index in [0.29, 0.717) is 25.8 Å². The maximum absolute atomic E-state index is 12.9. The first kappa shape index (κ1) is 21.3. The van der Waals surface area contributed by atoms with Crippen LogP contribution in [0.2, 0.25) is 0 Å². The van der Waals surface area contributed by atoms with Crippen molar-refractivity contribution >= 4 is 17.2 Å². The van der Waals surface area contributed by atoms with Crippen molar-refractivity contribution in [3.05, 3.63) is 77.5 Å². The Bertz CT molecular complexity index is 1010. The Morgan fingerprint density at radius 3 is 2.39 bits per heavy atom. The number of para-hydroxylation sites is 1. The summed E-state index contributed by atoms with van der Waals surface area (Å²) in [5.41, 5.74) is 3.26. The summed E-state index contributed by atoms with van der Waals surface area (Å²) >= 11 is 0. The highest BCUT2D eigenvalue weighted by molar-refractivity contribution is 5.71. The third kappa shape index (κ3) is 4.88. The Hall–Kier alpha value is -2.93. The number of aromatic nitrogens is 1. The van der Waals surface area contributed by atoms with Crippen molar-refractivity contribution in [1.82, 2.24) is 4.57 Å². The molecule has 0 radical (unpaired) electrons. The average molecular weight is 429 g/mol. The van der Waals surface area contributed by atoms with E-state index >= 15 is 0 Å². The largest absolute Gasteiger partial charge is 0.416 e. The van der Waals surface area contributed by atoms with Crippen molar-refractivity contribution in [2.45, 2.75) is 33.2 Å². The van der Waals surface area contributed by atoms with Gasteiger partial charge in [-0.25, -0.2) is 0 Å². The van der Waals surface area contributed by atoms with E-state index in [1.807, 2.05) is 30.3 Å². The third-order valence-electron chi connectivity index (χ3n) is 5.25. The fourth-order valence-corrected chi connectivity index (χ4v) is 3.84. The Labute approximate surface area is 180 Å². The number of anilines is 3. The maximum Gasteiger partial charge on any atom is 0.416 e. The minimum absolute atomic E-state index is 0.454. The van der Waals surface area contributed by atoms with Gasteiger partial charge in [-0.2, -0.15) is 13.2 Å². The van der Waals surface area contributed by atoms with Gasteiger partial charge in [0.25, 0.3) is 0 Å². The van der Waals surface area contributed by atoms with Crippen LogP contribution in [0.3, 0.4) is 0 Å². The molecule has 4 rings (SSSR count). The third-order valence-corrected chi connectivity index (χ3v) is 5.25. The van der Waals surface area contributed by atoms with Crippen LogP contribution >= 0.6 is 0 Å². The summed E-state index contributed by atoms with van der Waals surface area (Å²) in [5.74, 6) is 1.37. The number of nitrogens with zero attached hydrogens (tertiary/aromatic N) is 2. The number of halogens is 3. The second-order valence-corrected chi connectivity index (χ2v) is 8.25. The first-order chi connectivity index (χ1) is 14.8. The summed E-state index contributed by atoms with van der Waals surface area (Å²) in [6.45, 7) is 6.66. The van der Waals surface area contributed by atoms with Gasteiger partial charge in [-0.05, 0) is 35.7 Å². The molecule has 0 bridgehead atoms. The second-order valence-electron chi connectivity index (χ2n) is 8.25. The van der Waals surface area contributed by atoms with Crippen LogP contribution in [0, 0.1) is 5.92 Å². The Balaban J connectivity index is 1.69. The average Bonchev–Trinajstić information content (AvgIpc) is 3.06. The Morgan fingerprint density at radius 1 is 1.03 bits per heavy atom. The van der Waals surface area contributed by atoms with E-state index < -0.39 is 11.7 Å². The molecule has 3 aromatic rings. The Morgan fingerprint density at radius 2 is 1.74 bits per heavy atom. The molecule has 1 N–H and O–H groups in total. The van der Waals surface area contributed by atoms with Gasteiger partial charge in [0.2, 0.25) is 0 Å². The summed E-state index contributed by atoms with van der Waals surface area (Å²) in [5, 5.41) is 3.49. The minimum atomic E-state index is -4.33. The van der Waals surface area contributed by atoms with Crippen molar-refractivity contribution in [2.75, 3.05) is 23.5 Å². The van der Waals surface area contributed by atoms with Gasteiger partial charge in [0.05, 0.1) is 17.9 Å². The molecule has 164 valence electrons. The van der Waals surface area contributed by atoms with Crippen LogP contribution in [0.15, 0.2) is 60.8 Å². The number of hydrogen-bond acceptors (Lipinski definition) is 3. The monoisotopic (exact) mass is 429 g/mol. The number of rotatable bonds is 6. The number of ether oxygens (including phenoxy) is 1. The maximum atomic E-state index is 12.9. The smallest absolute Gasteiger partial charge is 0.356 e. The second kappa shape index (κ2) is 8.67. The van der Waals surface area contributed by atoms with Crippen LogP contribution in [0.4, 0.5) is 30.4 Å². The number of nitrogens with one attached hydrogen (secondary N) is 1. The van der Waals surface area contributed by atoms with Gasteiger partial charge < -0.3 is 19.5 Å². The van der Waals surface area contributed by atoms with Crippen molar-refractivity contribution < 1.29 is 17.9 Å². The standard InChI is InChI=1S/C24H26F3N3O/c1-17(2)12-30-16-31-15-21-22(30)14-29(23(21)28-20-6-4-3-5-7-20)13-18-8-10-19(11-9-18)24(25,26)27/h3-11,14,17,28H,12-13,15-16H2,1-2H3. The van der Waals surface area contributed by atoms with Gasteiger partial charge in [0.1, 0.15) is 12.5 Å². The Kier molecular flexibility index (Phi) is 5.96. The number of fused-ring (bicyclic) bond motifs is 1. The highest BCUT2D eigenvalue weighted by atomic mass is 19.4. The molecular weight excluding hydrogens is 403 g/mol. The summed E-state index contributed by atoms with van der Waals surface area (Å²) in [4.78, 5) is 2.21. The summed E-state index contributed by atoms with van der Waals surface area (Å²) < 4.78 is 46.7. The molecular formula is C24H26F3N3O. The van der Waals surface area contributed by atoms with Crippen LogP contribution in [0.5, 0.6) is 0 Å². The number of alkyl halides is 3. The van der Waals surface area contributed by atoms with E-state index in [9.17, 15) is 13.2 Å². The summed E-state index contributed by atoms with van der Waals surface area (Å²) in [7, 11) is 0. The van der Waals surface area contributed by atoms with Gasteiger partial charge in [-0.1, -0.05) is 44.2 Å². The molecule has 7 heteroatoms. The molecule has 1 aliphatic rings. The minimum Gasteiger partial charge on any atom is -0.356 e. The van der Waals surface area contributed by atoms with Gasteiger partial charge in [-0.3, -0.25) is 0 Å². The van der Waals surface area contributed by atoms with E-state index in [0.717, 1.165) is 47.0 Å². The van der Waals surface area contributed by atoms with Crippen LogP contribution < -0.4 is 10.2 Å². The molecule has 0 fully saturated rings. The lowest BCUT2D eigenvalue weighted by Crippen LogP contribution is -2.33. The van der Waals surface area contributed by atoms with Gasteiger partial charge in [-0.15, -0.1) is 0 Å². The van der Waals surface area contributed by atoms with Crippen molar-refractivity contribution in [3.63, 3.8) is 0 Å². The molecule has 1 aromatic heterocycles. The van der Waals surface area contributed by atoms with E-state index in [-0.39, 0.29) is 0 Å². The molecule has 0 amide bonds. The van der Waals surface area contributed by atoms with Gasteiger partial charge >= 0.3 is 6.18 Å². The molecule has 2 heterocycles. The lowest BCUT2D eigenvalue weighted by Gasteiger charge is -2.30. The molecule has 0 aliphatic carbocycles. The lowest BCUT2D eigenvalue weighted by molar-refractivity contribution is -0.137. The normalized spacial score (nSPS) is 14.1. The molecule has 0 unspecified atom stereocenters. The molecule has 1 aliphatic heterocycles. The first-order valence-corrected chi connectivity index (χ1v) is 10.3. The van der Waals surface area contributed by atoms with Gasteiger partial charge in [0.15, 0.2) is 0 Å². The zero-order valence-corrected chi connectivity index (χ0v) is 17.6. The quantitative estimate of drug-likeness (QED) is 0.502. The molecule has 2 aromatic carbocycles. The molecule has 0 spiro atoms. The van der Waals surface area contributed by atoms with E-state index in [2.05, 4.69) is 34.8 Å². The van der Waals surface area contributed by atoms with Crippen molar-refractivity contribution in [1.29, 1.82) is 0 Å². The molecule has 0 saturated heterocycles. The predicted molar refractivity (Wildman–Crippen MR) is 117 cm³/mol. The SMILES string of the molecule is CC(C)CN1COCc2c1cn(Cc1ccc(C(F)(F)F)cc1)c2Nc1ccccc1. The highest BCUT2D eigenvalue weighted by Gasteiger charge is 2.30. The summed E-state index contributed by atoms with van der Waals surface area (Å²) in [6, 6.07) is 15.2. The fraction of sp³-hybridized carbons (Fsp3) is 0.333. The predicted octanol–water partition coefficient (Wildman–Crippen LogP) is 6.25. The molecule has 0 saturated carbocycles. The van der Waals surface area contributed by atoms with Crippen molar-refractivity contribution in [3.8, 4) is 0 Å². The fourth-order valence-electron chi connectivity index (χ4n) is 3.84. The molecule has 0 atom stereocenters. The van der Waals surface area contributed by atoms with E-state index in [1.165, 1.54) is 12.1 Å². The topological polar surface area (TPSA) is 29.4 Å². The van der Waals surface area contributed by atoms with Crippen LogP contribution in [0.1, 0.15) is 30.5 Å². The van der Waals surface area contributed by atoms with Crippen LogP contribution in [-0.4, -0.2) is 17.8 Å². The van der Waals surface area contributed by atoms with Gasteiger partial charge in [0, 0.05) is 30.5 Å².